The summed E-state index contributed by atoms with van der Waals surface area (Å²) in [5.74, 6) is 1.37. The molecule has 0 spiro atoms. The van der Waals surface area contributed by atoms with Crippen molar-refractivity contribution >= 4 is 26.9 Å². The highest BCUT2D eigenvalue weighted by Gasteiger charge is 2.13. The van der Waals surface area contributed by atoms with Crippen LogP contribution >= 0.6 is 15.9 Å². The third-order valence-corrected chi connectivity index (χ3v) is 2.83. The summed E-state index contributed by atoms with van der Waals surface area (Å²) in [5.41, 5.74) is 1.75. The molecule has 2 rings (SSSR count). The fourth-order valence-corrected chi connectivity index (χ4v) is 2.03. The lowest BCUT2D eigenvalue weighted by Crippen LogP contribution is -2.05. The molecule has 4 heteroatoms. The summed E-state index contributed by atoms with van der Waals surface area (Å²) >= 11 is 3.42. The number of aryl methyl sites for hydroxylation is 1. The highest BCUT2D eigenvalue weighted by molar-refractivity contribution is 9.09. The van der Waals surface area contributed by atoms with Gasteiger partial charge < -0.3 is 9.26 Å². The van der Waals surface area contributed by atoms with Crippen LogP contribution in [0, 0.1) is 5.92 Å². The first-order chi connectivity index (χ1) is 8.22. The molecule has 17 heavy (non-hydrogen) atoms. The van der Waals surface area contributed by atoms with E-state index in [0.29, 0.717) is 12.5 Å². The topological polar surface area (TPSA) is 35.3 Å². The second-order valence-electron chi connectivity index (χ2n) is 4.40. The van der Waals surface area contributed by atoms with E-state index in [9.17, 15) is 0 Å². The molecular formula is C13H16BrNO2. The Bertz CT molecular complexity index is 493. The average Bonchev–Trinajstić information content (AvgIpc) is 2.71. The monoisotopic (exact) mass is 297 g/mol. The molecule has 0 N–H and O–H groups in total. The van der Waals surface area contributed by atoms with Crippen molar-refractivity contribution in [1.29, 1.82) is 0 Å². The standard InChI is InChI=1S/C13H16BrNO2/c1-9(2)8-16-11-4-3-5-12-13(11)10(6-7-14)15-17-12/h3-5,9H,6-8H2,1-2H3. The Morgan fingerprint density at radius 3 is 2.94 bits per heavy atom. The summed E-state index contributed by atoms with van der Waals surface area (Å²) < 4.78 is 11.1. The molecule has 2 aromatic rings. The van der Waals surface area contributed by atoms with Crippen LogP contribution < -0.4 is 4.74 Å². The smallest absolute Gasteiger partial charge is 0.170 e. The van der Waals surface area contributed by atoms with Gasteiger partial charge in [0.1, 0.15) is 5.75 Å². The Balaban J connectivity index is 2.36. The van der Waals surface area contributed by atoms with E-state index in [1.54, 1.807) is 0 Å². The van der Waals surface area contributed by atoms with E-state index in [2.05, 4.69) is 34.9 Å². The molecule has 92 valence electrons. The van der Waals surface area contributed by atoms with Gasteiger partial charge in [0, 0.05) is 11.8 Å². The molecule has 3 nitrogen and oxygen atoms in total. The summed E-state index contributed by atoms with van der Waals surface area (Å²) in [6.45, 7) is 4.97. The Kier molecular flexibility index (Phi) is 4.05. The van der Waals surface area contributed by atoms with Crippen molar-refractivity contribution in [2.75, 3.05) is 11.9 Å². The van der Waals surface area contributed by atoms with Gasteiger partial charge in [0.25, 0.3) is 0 Å². The van der Waals surface area contributed by atoms with E-state index in [1.165, 1.54) is 0 Å². The maximum atomic E-state index is 5.81. The lowest BCUT2D eigenvalue weighted by Gasteiger charge is -2.09. The first-order valence-electron chi connectivity index (χ1n) is 5.78. The van der Waals surface area contributed by atoms with Crippen molar-refractivity contribution in [3.8, 4) is 5.75 Å². The van der Waals surface area contributed by atoms with E-state index in [4.69, 9.17) is 9.26 Å². The number of benzene rings is 1. The molecule has 1 aromatic heterocycles. The first-order valence-corrected chi connectivity index (χ1v) is 6.90. The van der Waals surface area contributed by atoms with Gasteiger partial charge in [0.2, 0.25) is 0 Å². The minimum absolute atomic E-state index is 0.504. The molecule has 0 amide bonds. The van der Waals surface area contributed by atoms with Crippen molar-refractivity contribution in [3.63, 3.8) is 0 Å². The number of hydrogen-bond donors (Lipinski definition) is 0. The molecule has 0 fully saturated rings. The van der Waals surface area contributed by atoms with Crippen molar-refractivity contribution in [2.45, 2.75) is 20.3 Å². The van der Waals surface area contributed by atoms with E-state index in [1.807, 2.05) is 18.2 Å². The van der Waals surface area contributed by atoms with Crippen LogP contribution in [0.5, 0.6) is 5.75 Å². The lowest BCUT2D eigenvalue weighted by molar-refractivity contribution is 0.274. The van der Waals surface area contributed by atoms with Crippen molar-refractivity contribution in [2.24, 2.45) is 5.92 Å². The summed E-state index contributed by atoms with van der Waals surface area (Å²) in [7, 11) is 0. The number of aromatic nitrogens is 1. The third-order valence-electron chi connectivity index (χ3n) is 2.43. The quantitative estimate of drug-likeness (QED) is 0.788. The average molecular weight is 298 g/mol. The minimum Gasteiger partial charge on any atom is -0.492 e. The van der Waals surface area contributed by atoms with Crippen LogP contribution in [0.15, 0.2) is 22.7 Å². The van der Waals surface area contributed by atoms with Crippen LogP contribution in [0.3, 0.4) is 0 Å². The fraction of sp³-hybridized carbons (Fsp3) is 0.462. The molecule has 0 aliphatic rings. The number of rotatable bonds is 5. The molecule has 0 radical (unpaired) electrons. The van der Waals surface area contributed by atoms with Gasteiger partial charge in [-0.1, -0.05) is 41.0 Å². The van der Waals surface area contributed by atoms with Crippen molar-refractivity contribution in [3.05, 3.63) is 23.9 Å². The molecule has 0 saturated carbocycles. The van der Waals surface area contributed by atoms with Crippen molar-refractivity contribution < 1.29 is 9.26 Å². The molecule has 0 atom stereocenters. The Hall–Kier alpha value is -1.03. The second-order valence-corrected chi connectivity index (χ2v) is 5.20. The predicted molar refractivity (Wildman–Crippen MR) is 71.8 cm³/mol. The zero-order chi connectivity index (χ0) is 12.3. The minimum atomic E-state index is 0.504. The molecule has 1 aromatic carbocycles. The fourth-order valence-electron chi connectivity index (χ4n) is 1.66. The summed E-state index contributed by atoms with van der Waals surface area (Å²) in [4.78, 5) is 0. The molecule has 1 heterocycles. The molecule has 0 saturated heterocycles. The van der Waals surface area contributed by atoms with Crippen LogP contribution in [0.4, 0.5) is 0 Å². The number of fused-ring (bicyclic) bond motifs is 1. The normalized spacial score (nSPS) is 11.3. The van der Waals surface area contributed by atoms with Gasteiger partial charge in [0.15, 0.2) is 5.58 Å². The van der Waals surface area contributed by atoms with E-state index < -0.39 is 0 Å². The number of halogens is 1. The predicted octanol–water partition coefficient (Wildman–Crippen LogP) is 3.80. The largest absolute Gasteiger partial charge is 0.492 e. The maximum Gasteiger partial charge on any atom is 0.170 e. The Labute approximate surface area is 109 Å². The van der Waals surface area contributed by atoms with Gasteiger partial charge in [-0.25, -0.2) is 0 Å². The van der Waals surface area contributed by atoms with Gasteiger partial charge >= 0.3 is 0 Å². The number of hydrogen-bond acceptors (Lipinski definition) is 3. The van der Waals surface area contributed by atoms with Gasteiger partial charge in [-0.3, -0.25) is 0 Å². The van der Waals surface area contributed by atoms with Crippen LogP contribution in [0.25, 0.3) is 11.0 Å². The first kappa shape index (κ1) is 12.4. The van der Waals surface area contributed by atoms with Crippen LogP contribution in [-0.4, -0.2) is 17.1 Å². The van der Waals surface area contributed by atoms with Gasteiger partial charge in [-0.2, -0.15) is 0 Å². The van der Waals surface area contributed by atoms with Gasteiger partial charge in [-0.15, -0.1) is 0 Å². The third kappa shape index (κ3) is 2.80. The van der Waals surface area contributed by atoms with Crippen LogP contribution in [0.2, 0.25) is 0 Å². The number of alkyl halides is 1. The van der Waals surface area contributed by atoms with Crippen molar-refractivity contribution in [1.82, 2.24) is 5.16 Å². The lowest BCUT2D eigenvalue weighted by atomic mass is 10.1. The Morgan fingerprint density at radius 1 is 1.41 bits per heavy atom. The SMILES string of the molecule is CC(C)COc1cccc2onc(CCBr)c12. The van der Waals surface area contributed by atoms with E-state index in [0.717, 1.165) is 34.2 Å². The zero-order valence-corrected chi connectivity index (χ0v) is 11.7. The van der Waals surface area contributed by atoms with E-state index in [-0.39, 0.29) is 0 Å². The summed E-state index contributed by atoms with van der Waals surface area (Å²) in [5, 5.41) is 5.96. The van der Waals surface area contributed by atoms with Crippen LogP contribution in [-0.2, 0) is 6.42 Å². The highest BCUT2D eigenvalue weighted by atomic mass is 79.9. The van der Waals surface area contributed by atoms with Gasteiger partial charge in [0.05, 0.1) is 17.7 Å². The maximum absolute atomic E-state index is 5.81. The van der Waals surface area contributed by atoms with Crippen LogP contribution in [0.1, 0.15) is 19.5 Å². The molecule has 0 aliphatic heterocycles. The van der Waals surface area contributed by atoms with Gasteiger partial charge in [-0.05, 0) is 18.1 Å². The number of ether oxygens (including phenoxy) is 1. The summed E-state index contributed by atoms with van der Waals surface area (Å²) in [6.07, 6.45) is 0.842. The summed E-state index contributed by atoms with van der Waals surface area (Å²) in [6, 6.07) is 5.82. The molecular weight excluding hydrogens is 282 g/mol. The zero-order valence-electron chi connectivity index (χ0n) is 10.1. The van der Waals surface area contributed by atoms with E-state index >= 15 is 0 Å². The number of nitrogens with zero attached hydrogens (tertiary/aromatic N) is 1. The molecule has 0 aliphatic carbocycles. The molecule has 0 unspecified atom stereocenters. The Morgan fingerprint density at radius 2 is 2.24 bits per heavy atom. The highest BCUT2D eigenvalue weighted by Crippen LogP contribution is 2.29. The molecule has 0 bridgehead atoms. The second kappa shape index (κ2) is 5.54.